The van der Waals surface area contributed by atoms with Crippen molar-refractivity contribution in [3.8, 4) is 0 Å². The first kappa shape index (κ1) is 15.9. The summed E-state index contributed by atoms with van der Waals surface area (Å²) in [4.78, 5) is 12.4. The Labute approximate surface area is 136 Å². The molecule has 0 bridgehead atoms. The van der Waals surface area contributed by atoms with Crippen molar-refractivity contribution in [2.24, 2.45) is 0 Å². The molecule has 2 heterocycles. The first-order valence-electron chi connectivity index (χ1n) is 7.29. The number of rotatable bonds is 2. The van der Waals surface area contributed by atoms with Crippen LogP contribution in [0.15, 0.2) is 24.3 Å². The minimum absolute atomic E-state index is 0.236. The SMILES string of the molecule is CC(C)(C)n1nc2c(c1NC(=O)c1cccc(F)c1)C[S@](=O)C2. The minimum Gasteiger partial charge on any atom is -0.306 e. The number of hydrogen-bond donors (Lipinski definition) is 1. The second kappa shape index (κ2) is 5.56. The summed E-state index contributed by atoms with van der Waals surface area (Å²) in [5.41, 5.74) is 1.46. The molecular formula is C16H18FN3O2S. The number of nitrogens with zero attached hydrogens (tertiary/aromatic N) is 2. The number of benzene rings is 1. The quantitative estimate of drug-likeness (QED) is 0.918. The summed E-state index contributed by atoms with van der Waals surface area (Å²) < 4.78 is 26.8. The van der Waals surface area contributed by atoms with E-state index in [4.69, 9.17) is 0 Å². The third-order valence-electron chi connectivity index (χ3n) is 3.62. The van der Waals surface area contributed by atoms with Gasteiger partial charge in [-0.25, -0.2) is 9.07 Å². The second-order valence-corrected chi connectivity index (χ2v) is 8.01. The number of halogens is 1. The molecule has 1 N–H and O–H groups in total. The van der Waals surface area contributed by atoms with Crippen molar-refractivity contribution in [2.75, 3.05) is 5.32 Å². The van der Waals surface area contributed by atoms with Crippen molar-refractivity contribution < 1.29 is 13.4 Å². The number of anilines is 1. The Bertz CT molecular complexity index is 808. The van der Waals surface area contributed by atoms with E-state index in [-0.39, 0.29) is 11.1 Å². The standard InChI is InChI=1S/C16H18FN3O2S/c1-16(2,3)20-14(12-8-23(22)9-13(12)19-20)18-15(21)10-5-4-6-11(17)7-10/h4-7H,8-9H2,1-3H3,(H,18,21)/t23-/m0/s1. The van der Waals surface area contributed by atoms with E-state index in [1.54, 1.807) is 10.7 Å². The van der Waals surface area contributed by atoms with Crippen LogP contribution in [0.3, 0.4) is 0 Å². The van der Waals surface area contributed by atoms with Gasteiger partial charge in [0, 0.05) is 21.9 Å². The van der Waals surface area contributed by atoms with E-state index in [9.17, 15) is 13.4 Å². The van der Waals surface area contributed by atoms with Crippen LogP contribution in [0.5, 0.6) is 0 Å². The fourth-order valence-corrected chi connectivity index (χ4v) is 3.82. The number of carbonyl (C=O) groups excluding carboxylic acids is 1. The van der Waals surface area contributed by atoms with E-state index >= 15 is 0 Å². The van der Waals surface area contributed by atoms with Crippen molar-refractivity contribution in [2.45, 2.75) is 37.8 Å². The van der Waals surface area contributed by atoms with E-state index in [1.807, 2.05) is 20.8 Å². The summed E-state index contributed by atoms with van der Waals surface area (Å²) in [6.07, 6.45) is 0. The lowest BCUT2D eigenvalue weighted by atomic mass is 10.1. The van der Waals surface area contributed by atoms with E-state index < -0.39 is 22.5 Å². The Hall–Kier alpha value is -2.02. The Morgan fingerprint density at radius 3 is 2.74 bits per heavy atom. The van der Waals surface area contributed by atoms with Gasteiger partial charge < -0.3 is 5.32 Å². The van der Waals surface area contributed by atoms with Crippen LogP contribution >= 0.6 is 0 Å². The number of fused-ring (bicyclic) bond motifs is 1. The molecule has 0 saturated heterocycles. The van der Waals surface area contributed by atoms with E-state index in [0.29, 0.717) is 17.3 Å². The molecular weight excluding hydrogens is 317 g/mol. The lowest BCUT2D eigenvalue weighted by Crippen LogP contribution is -2.27. The van der Waals surface area contributed by atoms with Crippen LogP contribution in [0.2, 0.25) is 0 Å². The topological polar surface area (TPSA) is 64.0 Å². The molecule has 1 atom stereocenters. The Morgan fingerprint density at radius 1 is 1.35 bits per heavy atom. The third kappa shape index (κ3) is 3.06. The number of aromatic nitrogens is 2. The number of hydrogen-bond acceptors (Lipinski definition) is 3. The fourth-order valence-electron chi connectivity index (χ4n) is 2.55. The Balaban J connectivity index is 1.99. The summed E-state index contributed by atoms with van der Waals surface area (Å²) >= 11 is 0. The number of amides is 1. The van der Waals surface area contributed by atoms with E-state index in [1.165, 1.54) is 18.2 Å². The summed E-state index contributed by atoms with van der Waals surface area (Å²) in [5, 5.41) is 7.33. The second-order valence-electron chi connectivity index (χ2n) is 6.55. The van der Waals surface area contributed by atoms with Gasteiger partial charge >= 0.3 is 0 Å². The molecule has 5 nitrogen and oxygen atoms in total. The molecule has 1 aromatic heterocycles. The summed E-state index contributed by atoms with van der Waals surface area (Å²) in [6.45, 7) is 5.93. The van der Waals surface area contributed by atoms with Gasteiger partial charge in [-0.3, -0.25) is 9.00 Å². The van der Waals surface area contributed by atoms with Gasteiger partial charge in [-0.2, -0.15) is 5.10 Å². The highest BCUT2D eigenvalue weighted by molar-refractivity contribution is 7.83. The molecule has 1 aromatic carbocycles. The Kier molecular flexibility index (Phi) is 3.83. The fraction of sp³-hybridized carbons (Fsp3) is 0.375. The Morgan fingerprint density at radius 2 is 2.09 bits per heavy atom. The van der Waals surface area contributed by atoms with E-state index in [2.05, 4.69) is 10.4 Å². The van der Waals surface area contributed by atoms with E-state index in [0.717, 1.165) is 11.3 Å². The molecule has 2 aromatic rings. The lowest BCUT2D eigenvalue weighted by Gasteiger charge is -2.23. The third-order valence-corrected chi connectivity index (χ3v) is 4.83. The molecule has 7 heteroatoms. The van der Waals surface area contributed by atoms with Crippen LogP contribution in [0.4, 0.5) is 10.2 Å². The zero-order valence-corrected chi connectivity index (χ0v) is 14.0. The highest BCUT2D eigenvalue weighted by atomic mass is 32.2. The first-order valence-corrected chi connectivity index (χ1v) is 8.77. The van der Waals surface area contributed by atoms with Gasteiger partial charge in [0.05, 0.1) is 22.7 Å². The summed E-state index contributed by atoms with van der Waals surface area (Å²) in [6, 6.07) is 5.52. The zero-order chi connectivity index (χ0) is 16.8. The molecule has 3 rings (SSSR count). The average Bonchev–Trinajstić information content (AvgIpc) is 2.96. The predicted octanol–water partition coefficient (Wildman–Crippen LogP) is 2.79. The largest absolute Gasteiger partial charge is 0.306 e. The number of nitrogens with one attached hydrogen (secondary N) is 1. The molecule has 122 valence electrons. The van der Waals surface area contributed by atoms with Crippen LogP contribution in [-0.4, -0.2) is 19.9 Å². The molecule has 0 aliphatic carbocycles. The van der Waals surface area contributed by atoms with Crippen LogP contribution in [0.25, 0.3) is 0 Å². The maximum absolute atomic E-state index is 13.3. The molecule has 1 aliphatic heterocycles. The molecule has 23 heavy (non-hydrogen) atoms. The van der Waals surface area contributed by atoms with Crippen LogP contribution < -0.4 is 5.32 Å². The van der Waals surface area contributed by atoms with Crippen molar-refractivity contribution in [3.63, 3.8) is 0 Å². The van der Waals surface area contributed by atoms with Gasteiger partial charge in [-0.1, -0.05) is 6.07 Å². The summed E-state index contributed by atoms with van der Waals surface area (Å²) in [5.74, 6) is 0.460. The van der Waals surface area contributed by atoms with Crippen molar-refractivity contribution >= 4 is 22.5 Å². The maximum atomic E-state index is 13.3. The van der Waals surface area contributed by atoms with Gasteiger partial charge in [0.15, 0.2) is 0 Å². The monoisotopic (exact) mass is 335 g/mol. The van der Waals surface area contributed by atoms with Gasteiger partial charge in [-0.05, 0) is 39.0 Å². The molecule has 0 unspecified atom stereocenters. The van der Waals surface area contributed by atoms with Gasteiger partial charge in [0.1, 0.15) is 11.6 Å². The molecule has 0 fully saturated rings. The van der Waals surface area contributed by atoms with Crippen molar-refractivity contribution in [3.05, 3.63) is 46.9 Å². The van der Waals surface area contributed by atoms with Gasteiger partial charge in [0.2, 0.25) is 0 Å². The molecule has 0 spiro atoms. The minimum atomic E-state index is -0.984. The average molecular weight is 335 g/mol. The number of carbonyl (C=O) groups is 1. The first-order chi connectivity index (χ1) is 10.8. The molecule has 0 saturated carbocycles. The molecule has 1 aliphatic rings. The van der Waals surface area contributed by atoms with Crippen LogP contribution in [0, 0.1) is 5.82 Å². The maximum Gasteiger partial charge on any atom is 0.256 e. The molecule has 0 radical (unpaired) electrons. The van der Waals surface area contributed by atoms with Gasteiger partial charge in [-0.15, -0.1) is 0 Å². The van der Waals surface area contributed by atoms with Crippen molar-refractivity contribution in [1.29, 1.82) is 0 Å². The van der Waals surface area contributed by atoms with Crippen molar-refractivity contribution in [1.82, 2.24) is 9.78 Å². The zero-order valence-electron chi connectivity index (χ0n) is 13.2. The highest BCUT2D eigenvalue weighted by Gasteiger charge is 2.31. The van der Waals surface area contributed by atoms with Crippen LogP contribution in [0.1, 0.15) is 42.4 Å². The smallest absolute Gasteiger partial charge is 0.256 e. The normalized spacial score (nSPS) is 17.1. The molecule has 1 amide bonds. The van der Waals surface area contributed by atoms with Gasteiger partial charge in [0.25, 0.3) is 5.91 Å². The highest BCUT2D eigenvalue weighted by Crippen LogP contribution is 2.33. The lowest BCUT2D eigenvalue weighted by molar-refractivity contribution is 0.102. The summed E-state index contributed by atoms with van der Waals surface area (Å²) in [7, 11) is -0.984. The predicted molar refractivity (Wildman–Crippen MR) is 87.1 cm³/mol. The van der Waals surface area contributed by atoms with Crippen LogP contribution in [-0.2, 0) is 27.8 Å².